The molecule has 2 nitrogen and oxygen atoms in total. The van der Waals surface area contributed by atoms with Crippen molar-refractivity contribution in [2.75, 3.05) is 36.2 Å². The molecule has 2 fully saturated rings. The lowest BCUT2D eigenvalue weighted by Gasteiger charge is -2.01. The summed E-state index contributed by atoms with van der Waals surface area (Å²) in [5, 5.41) is 0. The summed E-state index contributed by atoms with van der Waals surface area (Å²) in [6.45, 7) is 2.02. The standard InChI is InChI=1S/C12H22O2S2/c1(3-5-15-9-11-7-13-11)2-4-6-16-10-12-8-14-12/h11-12H,1-10H2. The van der Waals surface area contributed by atoms with Crippen LogP contribution in [-0.4, -0.2) is 48.4 Å². The highest BCUT2D eigenvalue weighted by atomic mass is 32.2. The molecular formula is C12H22O2S2. The average molecular weight is 262 g/mol. The van der Waals surface area contributed by atoms with Crippen LogP contribution in [0.25, 0.3) is 0 Å². The van der Waals surface area contributed by atoms with Crippen molar-refractivity contribution < 1.29 is 9.47 Å². The predicted molar refractivity (Wildman–Crippen MR) is 72.6 cm³/mol. The second-order valence-corrected chi connectivity index (χ2v) is 6.77. The maximum atomic E-state index is 5.17. The Morgan fingerprint density at radius 1 is 0.750 bits per heavy atom. The molecule has 4 heteroatoms. The molecule has 0 bridgehead atoms. The van der Waals surface area contributed by atoms with Crippen LogP contribution in [0.3, 0.4) is 0 Å². The van der Waals surface area contributed by atoms with Gasteiger partial charge < -0.3 is 9.47 Å². The van der Waals surface area contributed by atoms with Gasteiger partial charge in [-0.15, -0.1) is 0 Å². The lowest BCUT2D eigenvalue weighted by molar-refractivity contribution is 0.426. The molecule has 2 heterocycles. The van der Waals surface area contributed by atoms with Crippen molar-refractivity contribution in [3.63, 3.8) is 0 Å². The Hall–Kier alpha value is 0.620. The van der Waals surface area contributed by atoms with E-state index in [1.54, 1.807) is 0 Å². The molecule has 2 aliphatic heterocycles. The molecule has 0 aromatic heterocycles. The van der Waals surface area contributed by atoms with E-state index < -0.39 is 0 Å². The van der Waals surface area contributed by atoms with Gasteiger partial charge in [0.2, 0.25) is 0 Å². The number of unbranched alkanes of at least 4 members (excludes halogenated alkanes) is 3. The van der Waals surface area contributed by atoms with Crippen LogP contribution < -0.4 is 0 Å². The summed E-state index contributed by atoms with van der Waals surface area (Å²) in [6.07, 6.45) is 6.77. The number of hydrogen-bond acceptors (Lipinski definition) is 4. The summed E-state index contributed by atoms with van der Waals surface area (Å²) in [7, 11) is 0. The van der Waals surface area contributed by atoms with Crippen LogP contribution >= 0.6 is 23.5 Å². The van der Waals surface area contributed by atoms with E-state index in [0.717, 1.165) is 13.2 Å². The third-order valence-corrected chi connectivity index (χ3v) is 5.11. The minimum Gasteiger partial charge on any atom is -0.372 e. The van der Waals surface area contributed by atoms with Crippen LogP contribution in [0.4, 0.5) is 0 Å². The first kappa shape index (κ1) is 13.1. The van der Waals surface area contributed by atoms with Crippen molar-refractivity contribution in [1.82, 2.24) is 0 Å². The van der Waals surface area contributed by atoms with Crippen LogP contribution in [0.2, 0.25) is 0 Å². The van der Waals surface area contributed by atoms with E-state index in [2.05, 4.69) is 23.5 Å². The molecule has 0 N–H and O–H groups in total. The van der Waals surface area contributed by atoms with Crippen molar-refractivity contribution in [3.8, 4) is 0 Å². The lowest BCUT2D eigenvalue weighted by atomic mass is 10.2. The van der Waals surface area contributed by atoms with Crippen molar-refractivity contribution in [2.24, 2.45) is 0 Å². The van der Waals surface area contributed by atoms with Crippen LogP contribution in [0, 0.1) is 0 Å². The average Bonchev–Trinajstić information content (AvgIpc) is 3.14. The molecule has 0 amide bonds. The van der Waals surface area contributed by atoms with Crippen molar-refractivity contribution in [3.05, 3.63) is 0 Å². The first-order valence-electron chi connectivity index (χ1n) is 6.34. The summed E-state index contributed by atoms with van der Waals surface area (Å²) in [6, 6.07) is 0. The van der Waals surface area contributed by atoms with Gasteiger partial charge in [-0.2, -0.15) is 23.5 Å². The topological polar surface area (TPSA) is 25.1 Å². The number of hydrogen-bond donors (Lipinski definition) is 0. The smallest absolute Gasteiger partial charge is 0.0900 e. The van der Waals surface area contributed by atoms with Gasteiger partial charge in [0.25, 0.3) is 0 Å². The van der Waals surface area contributed by atoms with E-state index in [0.29, 0.717) is 12.2 Å². The number of thioether (sulfide) groups is 2. The Kier molecular flexibility index (Phi) is 6.41. The van der Waals surface area contributed by atoms with Gasteiger partial charge in [0.05, 0.1) is 25.4 Å². The Labute approximate surface area is 107 Å². The van der Waals surface area contributed by atoms with Gasteiger partial charge >= 0.3 is 0 Å². The van der Waals surface area contributed by atoms with Crippen molar-refractivity contribution in [2.45, 2.75) is 37.9 Å². The van der Waals surface area contributed by atoms with Gasteiger partial charge in [-0.1, -0.05) is 12.8 Å². The Morgan fingerprint density at radius 3 is 1.56 bits per heavy atom. The molecule has 0 aromatic carbocycles. The molecule has 2 saturated heterocycles. The minimum atomic E-state index is 0.603. The van der Waals surface area contributed by atoms with Crippen molar-refractivity contribution in [1.29, 1.82) is 0 Å². The third kappa shape index (κ3) is 7.05. The maximum Gasteiger partial charge on any atom is 0.0900 e. The summed E-state index contributed by atoms with van der Waals surface area (Å²) >= 11 is 4.12. The summed E-state index contributed by atoms with van der Waals surface area (Å²) in [5.41, 5.74) is 0. The quantitative estimate of drug-likeness (QED) is 0.422. The fraction of sp³-hybridized carbons (Fsp3) is 1.00. The molecule has 0 radical (unpaired) electrons. The molecule has 2 unspecified atom stereocenters. The van der Waals surface area contributed by atoms with E-state index in [9.17, 15) is 0 Å². The first-order chi connectivity index (χ1) is 7.95. The number of ether oxygens (including phenoxy) is 2. The molecule has 0 aromatic rings. The van der Waals surface area contributed by atoms with Gasteiger partial charge in [-0.05, 0) is 24.3 Å². The fourth-order valence-corrected chi connectivity index (χ4v) is 3.58. The highest BCUT2D eigenvalue weighted by Crippen LogP contribution is 2.19. The van der Waals surface area contributed by atoms with Gasteiger partial charge in [0.1, 0.15) is 0 Å². The molecule has 0 saturated carbocycles. The Balaban J connectivity index is 1.22. The van der Waals surface area contributed by atoms with E-state index >= 15 is 0 Å². The van der Waals surface area contributed by atoms with E-state index in [-0.39, 0.29) is 0 Å². The third-order valence-electron chi connectivity index (χ3n) is 2.74. The summed E-state index contributed by atoms with van der Waals surface area (Å²) < 4.78 is 10.3. The van der Waals surface area contributed by atoms with Crippen LogP contribution in [0.15, 0.2) is 0 Å². The molecule has 2 atom stereocenters. The second-order valence-electron chi connectivity index (χ2n) is 4.47. The molecule has 94 valence electrons. The Bertz CT molecular complexity index is 162. The monoisotopic (exact) mass is 262 g/mol. The van der Waals surface area contributed by atoms with Gasteiger partial charge in [-0.3, -0.25) is 0 Å². The van der Waals surface area contributed by atoms with Gasteiger partial charge in [0.15, 0.2) is 0 Å². The summed E-state index contributed by atoms with van der Waals surface area (Å²) in [5.74, 6) is 5.08. The molecular weight excluding hydrogens is 240 g/mol. The minimum absolute atomic E-state index is 0.603. The largest absolute Gasteiger partial charge is 0.372 e. The maximum absolute atomic E-state index is 5.17. The zero-order valence-electron chi connectivity index (χ0n) is 9.86. The molecule has 2 rings (SSSR count). The van der Waals surface area contributed by atoms with Gasteiger partial charge in [0, 0.05) is 11.5 Å². The number of rotatable bonds is 11. The second kappa shape index (κ2) is 7.85. The molecule has 0 spiro atoms. The SMILES string of the molecule is C(CCCSCC1CO1)CCSCC1CO1. The number of epoxide rings is 2. The lowest BCUT2D eigenvalue weighted by Crippen LogP contribution is -1.92. The fourth-order valence-electron chi connectivity index (χ4n) is 1.52. The molecule has 0 aliphatic carbocycles. The van der Waals surface area contributed by atoms with E-state index in [1.165, 1.54) is 48.7 Å². The van der Waals surface area contributed by atoms with E-state index in [4.69, 9.17) is 9.47 Å². The Morgan fingerprint density at radius 2 is 1.19 bits per heavy atom. The molecule has 2 aliphatic rings. The van der Waals surface area contributed by atoms with Crippen LogP contribution in [-0.2, 0) is 9.47 Å². The highest BCUT2D eigenvalue weighted by Gasteiger charge is 2.22. The van der Waals surface area contributed by atoms with Gasteiger partial charge in [-0.25, -0.2) is 0 Å². The highest BCUT2D eigenvalue weighted by molar-refractivity contribution is 7.99. The van der Waals surface area contributed by atoms with E-state index in [1.807, 2.05) is 0 Å². The van der Waals surface area contributed by atoms with Crippen LogP contribution in [0.1, 0.15) is 25.7 Å². The summed E-state index contributed by atoms with van der Waals surface area (Å²) in [4.78, 5) is 0. The van der Waals surface area contributed by atoms with Crippen LogP contribution in [0.5, 0.6) is 0 Å². The zero-order chi connectivity index (χ0) is 11.1. The normalized spacial score (nSPS) is 27.0. The van der Waals surface area contributed by atoms with Crippen molar-refractivity contribution >= 4 is 23.5 Å². The zero-order valence-corrected chi connectivity index (χ0v) is 11.5. The first-order valence-corrected chi connectivity index (χ1v) is 8.65. The predicted octanol–water partition coefficient (Wildman–Crippen LogP) is 2.81. The molecule has 16 heavy (non-hydrogen) atoms.